The van der Waals surface area contributed by atoms with Gasteiger partial charge in [0.1, 0.15) is 10.6 Å². The Balaban J connectivity index is 1.59. The van der Waals surface area contributed by atoms with E-state index in [0.717, 1.165) is 5.56 Å². The van der Waals surface area contributed by atoms with Crippen LogP contribution in [-0.4, -0.2) is 20.1 Å². The van der Waals surface area contributed by atoms with Crippen LogP contribution in [0, 0.1) is 0 Å². The van der Waals surface area contributed by atoms with Crippen molar-refractivity contribution in [2.75, 3.05) is 6.54 Å². The molecule has 3 rings (SSSR count). The van der Waals surface area contributed by atoms with E-state index in [1.807, 2.05) is 37.3 Å². The molecule has 0 aliphatic heterocycles. The first-order valence-electron chi connectivity index (χ1n) is 9.01. The maximum atomic E-state index is 12.3. The smallest absolute Gasteiger partial charge is 0.339 e. The number of aliphatic hydroxyl groups excluding tert-OH is 1. The van der Waals surface area contributed by atoms with E-state index in [1.54, 1.807) is 42.5 Å². The maximum Gasteiger partial charge on any atom is 0.339 e. The van der Waals surface area contributed by atoms with E-state index in [2.05, 4.69) is 5.32 Å². The predicted octanol–water partition coefficient (Wildman–Crippen LogP) is 3.84. The standard InChI is InChI=1S/C22H23NO4S/c1-17(18-8-4-2-5-9-18)23-16-22(24)19-12-14-20(15-13-19)27-28(25,26)21-10-6-3-7-11-21/h2-15,17,22-24H,16H2,1H3/t17-,22+/m0/s1. The highest BCUT2D eigenvalue weighted by atomic mass is 32.2. The summed E-state index contributed by atoms with van der Waals surface area (Å²) in [6.45, 7) is 2.41. The molecule has 28 heavy (non-hydrogen) atoms. The molecule has 0 spiro atoms. The van der Waals surface area contributed by atoms with Crippen LogP contribution in [0.3, 0.4) is 0 Å². The van der Waals surface area contributed by atoms with Crippen molar-refractivity contribution < 1.29 is 17.7 Å². The van der Waals surface area contributed by atoms with E-state index >= 15 is 0 Å². The van der Waals surface area contributed by atoms with Gasteiger partial charge in [0.25, 0.3) is 0 Å². The normalized spacial score (nSPS) is 13.6. The summed E-state index contributed by atoms with van der Waals surface area (Å²) in [7, 11) is -3.87. The Hall–Kier alpha value is -2.67. The second-order valence-electron chi connectivity index (χ2n) is 6.48. The third-order valence-electron chi connectivity index (χ3n) is 4.42. The number of benzene rings is 3. The molecule has 0 aliphatic carbocycles. The molecule has 6 heteroatoms. The highest BCUT2D eigenvalue weighted by Gasteiger charge is 2.16. The Morgan fingerprint density at radius 1 is 0.857 bits per heavy atom. The SMILES string of the molecule is C[C@H](NC[C@@H](O)c1ccc(OS(=O)(=O)c2ccccc2)cc1)c1ccccc1. The molecular formula is C22H23NO4S. The third kappa shape index (κ3) is 5.19. The quantitative estimate of drug-likeness (QED) is 0.565. The summed E-state index contributed by atoms with van der Waals surface area (Å²) in [6, 6.07) is 24.5. The molecule has 2 atom stereocenters. The van der Waals surface area contributed by atoms with Crippen LogP contribution in [0.15, 0.2) is 89.8 Å². The fourth-order valence-corrected chi connectivity index (χ4v) is 3.72. The Labute approximate surface area is 165 Å². The van der Waals surface area contributed by atoms with Crippen molar-refractivity contribution in [2.45, 2.75) is 24.0 Å². The van der Waals surface area contributed by atoms with E-state index in [1.165, 1.54) is 12.1 Å². The first-order valence-corrected chi connectivity index (χ1v) is 10.4. The average molecular weight is 397 g/mol. The fourth-order valence-electron chi connectivity index (χ4n) is 2.77. The summed E-state index contributed by atoms with van der Waals surface area (Å²) >= 11 is 0. The van der Waals surface area contributed by atoms with Crippen LogP contribution >= 0.6 is 0 Å². The molecule has 0 aliphatic rings. The van der Waals surface area contributed by atoms with Gasteiger partial charge < -0.3 is 14.6 Å². The van der Waals surface area contributed by atoms with Crippen molar-refractivity contribution in [3.63, 3.8) is 0 Å². The minimum atomic E-state index is -3.87. The van der Waals surface area contributed by atoms with Crippen LogP contribution < -0.4 is 9.50 Å². The summed E-state index contributed by atoms with van der Waals surface area (Å²) < 4.78 is 29.7. The number of hydrogen-bond acceptors (Lipinski definition) is 5. The van der Waals surface area contributed by atoms with Crippen LogP contribution in [0.2, 0.25) is 0 Å². The van der Waals surface area contributed by atoms with E-state index in [0.29, 0.717) is 12.1 Å². The van der Waals surface area contributed by atoms with E-state index in [9.17, 15) is 13.5 Å². The van der Waals surface area contributed by atoms with Gasteiger partial charge in [-0.05, 0) is 42.3 Å². The number of aliphatic hydroxyl groups is 1. The van der Waals surface area contributed by atoms with Gasteiger partial charge in [0.05, 0.1) is 6.10 Å². The summed E-state index contributed by atoms with van der Waals surface area (Å²) in [6.07, 6.45) is -0.717. The zero-order chi connectivity index (χ0) is 20.0. The Morgan fingerprint density at radius 2 is 1.43 bits per heavy atom. The highest BCUT2D eigenvalue weighted by Crippen LogP contribution is 2.22. The molecule has 0 aromatic heterocycles. The van der Waals surface area contributed by atoms with Crippen molar-refractivity contribution >= 4 is 10.1 Å². The minimum Gasteiger partial charge on any atom is -0.387 e. The lowest BCUT2D eigenvalue weighted by Crippen LogP contribution is -2.24. The zero-order valence-corrected chi connectivity index (χ0v) is 16.3. The van der Waals surface area contributed by atoms with Crippen molar-refractivity contribution in [1.29, 1.82) is 0 Å². The van der Waals surface area contributed by atoms with Gasteiger partial charge in [-0.3, -0.25) is 0 Å². The summed E-state index contributed by atoms with van der Waals surface area (Å²) in [5.41, 5.74) is 1.82. The lowest BCUT2D eigenvalue weighted by molar-refractivity contribution is 0.171. The first kappa shape index (κ1) is 20.1. The molecule has 0 fully saturated rings. The van der Waals surface area contributed by atoms with E-state index in [4.69, 9.17) is 4.18 Å². The van der Waals surface area contributed by atoms with Crippen LogP contribution in [0.25, 0.3) is 0 Å². The molecule has 0 bridgehead atoms. The molecule has 0 saturated carbocycles. The number of nitrogens with one attached hydrogen (secondary N) is 1. The molecule has 146 valence electrons. The average Bonchev–Trinajstić information content (AvgIpc) is 2.73. The Morgan fingerprint density at radius 3 is 2.04 bits per heavy atom. The molecule has 3 aromatic rings. The largest absolute Gasteiger partial charge is 0.387 e. The zero-order valence-electron chi connectivity index (χ0n) is 15.5. The molecule has 0 amide bonds. The lowest BCUT2D eigenvalue weighted by Gasteiger charge is -2.18. The van der Waals surface area contributed by atoms with Crippen molar-refractivity contribution in [3.8, 4) is 5.75 Å². The van der Waals surface area contributed by atoms with E-state index in [-0.39, 0.29) is 16.7 Å². The van der Waals surface area contributed by atoms with Crippen LogP contribution in [0.4, 0.5) is 0 Å². The number of hydrogen-bond donors (Lipinski definition) is 2. The molecule has 3 aromatic carbocycles. The summed E-state index contributed by atoms with van der Waals surface area (Å²) in [5.74, 6) is 0.199. The lowest BCUT2D eigenvalue weighted by atomic mass is 10.1. The van der Waals surface area contributed by atoms with Crippen LogP contribution in [-0.2, 0) is 10.1 Å². The van der Waals surface area contributed by atoms with Gasteiger partial charge in [-0.25, -0.2) is 0 Å². The van der Waals surface area contributed by atoms with Crippen molar-refractivity contribution in [2.24, 2.45) is 0 Å². The fraction of sp³-hybridized carbons (Fsp3) is 0.182. The predicted molar refractivity (Wildman–Crippen MR) is 109 cm³/mol. The minimum absolute atomic E-state index is 0.0956. The molecular weight excluding hydrogens is 374 g/mol. The van der Waals surface area contributed by atoms with Gasteiger partial charge in [-0.2, -0.15) is 8.42 Å². The Kier molecular flexibility index (Phi) is 6.46. The third-order valence-corrected chi connectivity index (χ3v) is 5.68. The monoisotopic (exact) mass is 397 g/mol. The highest BCUT2D eigenvalue weighted by molar-refractivity contribution is 7.87. The van der Waals surface area contributed by atoms with Gasteiger partial charge >= 0.3 is 10.1 Å². The van der Waals surface area contributed by atoms with Crippen molar-refractivity contribution in [1.82, 2.24) is 5.32 Å². The second kappa shape index (κ2) is 9.01. The second-order valence-corrected chi connectivity index (χ2v) is 8.02. The maximum absolute atomic E-state index is 12.3. The van der Waals surface area contributed by atoms with Crippen LogP contribution in [0.5, 0.6) is 5.75 Å². The molecule has 0 unspecified atom stereocenters. The van der Waals surface area contributed by atoms with Gasteiger partial charge in [-0.1, -0.05) is 60.7 Å². The van der Waals surface area contributed by atoms with Gasteiger partial charge in [0.15, 0.2) is 0 Å². The number of rotatable bonds is 8. The first-order chi connectivity index (χ1) is 13.5. The van der Waals surface area contributed by atoms with E-state index < -0.39 is 16.2 Å². The molecule has 5 nitrogen and oxygen atoms in total. The summed E-state index contributed by atoms with van der Waals surface area (Å²) in [5, 5.41) is 13.7. The Bertz CT molecular complexity index is 974. The van der Waals surface area contributed by atoms with Gasteiger partial charge in [-0.15, -0.1) is 0 Å². The van der Waals surface area contributed by atoms with Crippen LogP contribution in [0.1, 0.15) is 30.2 Å². The van der Waals surface area contributed by atoms with Gasteiger partial charge in [0.2, 0.25) is 0 Å². The molecule has 0 heterocycles. The molecule has 0 saturated heterocycles. The topological polar surface area (TPSA) is 75.6 Å². The molecule has 0 radical (unpaired) electrons. The van der Waals surface area contributed by atoms with Gasteiger partial charge in [0, 0.05) is 12.6 Å². The molecule has 2 N–H and O–H groups in total. The summed E-state index contributed by atoms with van der Waals surface area (Å²) in [4.78, 5) is 0.0956. The van der Waals surface area contributed by atoms with Crippen molar-refractivity contribution in [3.05, 3.63) is 96.1 Å².